The monoisotopic (exact) mass is 203 g/mol. The minimum absolute atomic E-state index is 0.259. The van der Waals surface area contributed by atoms with Gasteiger partial charge in [0, 0.05) is 0 Å². The first-order valence-corrected chi connectivity index (χ1v) is 4.50. The molecular formula is C12H13NO2. The Morgan fingerprint density at radius 1 is 1.60 bits per heavy atom. The topological polar surface area (TPSA) is 38.7 Å². The molecule has 1 rings (SSSR count). The fourth-order valence-electron chi connectivity index (χ4n) is 1.26. The van der Waals surface area contributed by atoms with Crippen LogP contribution >= 0.6 is 0 Å². The molecular weight excluding hydrogens is 190 g/mol. The summed E-state index contributed by atoms with van der Waals surface area (Å²) in [6.45, 7) is 7.13. The Morgan fingerprint density at radius 3 is 2.87 bits per heavy atom. The van der Waals surface area contributed by atoms with E-state index in [0.29, 0.717) is 0 Å². The van der Waals surface area contributed by atoms with Crippen LogP contribution < -0.4 is 0 Å². The second-order valence-electron chi connectivity index (χ2n) is 3.01. The smallest absolute Gasteiger partial charge is 0.309 e. The highest BCUT2D eigenvalue weighted by Crippen LogP contribution is 2.21. The van der Waals surface area contributed by atoms with Crippen LogP contribution in [0.1, 0.15) is 11.1 Å². The molecule has 0 spiro atoms. The number of aliphatic imine (C=N–C) groups is 1. The van der Waals surface area contributed by atoms with Gasteiger partial charge in [-0.2, -0.15) is 0 Å². The van der Waals surface area contributed by atoms with Gasteiger partial charge in [0.2, 0.25) is 0 Å². The summed E-state index contributed by atoms with van der Waals surface area (Å²) in [5, 5.41) is 0. The highest BCUT2D eigenvalue weighted by Gasteiger charge is 2.04. The zero-order valence-electron chi connectivity index (χ0n) is 8.69. The molecule has 0 atom stereocenters. The van der Waals surface area contributed by atoms with Crippen molar-refractivity contribution in [1.29, 1.82) is 0 Å². The van der Waals surface area contributed by atoms with Crippen molar-refractivity contribution in [2.45, 2.75) is 6.42 Å². The number of methoxy groups -OCH3 is 1. The fraction of sp³-hybridized carbons (Fsp3) is 0.167. The molecule has 3 heteroatoms. The second kappa shape index (κ2) is 5.10. The first kappa shape index (κ1) is 11.2. The van der Waals surface area contributed by atoms with Crippen molar-refractivity contribution in [2.24, 2.45) is 4.99 Å². The molecule has 0 radical (unpaired) electrons. The number of hydrogen-bond acceptors (Lipinski definition) is 3. The lowest BCUT2D eigenvalue weighted by molar-refractivity contribution is -0.139. The number of nitrogens with zero attached hydrogens (tertiary/aromatic N) is 1. The third kappa shape index (κ3) is 2.77. The van der Waals surface area contributed by atoms with Gasteiger partial charge in [-0.15, -0.1) is 0 Å². The lowest BCUT2D eigenvalue weighted by atomic mass is 10.1. The van der Waals surface area contributed by atoms with Crippen LogP contribution in [0.5, 0.6) is 0 Å². The summed E-state index contributed by atoms with van der Waals surface area (Å²) in [7, 11) is 1.37. The third-order valence-electron chi connectivity index (χ3n) is 2.06. The van der Waals surface area contributed by atoms with Gasteiger partial charge in [0.25, 0.3) is 0 Å². The number of carbonyl (C=O) groups is 1. The molecule has 0 saturated heterocycles. The molecule has 0 aliphatic carbocycles. The van der Waals surface area contributed by atoms with E-state index in [-0.39, 0.29) is 12.4 Å². The van der Waals surface area contributed by atoms with Gasteiger partial charge in [0.15, 0.2) is 0 Å². The largest absolute Gasteiger partial charge is 0.469 e. The van der Waals surface area contributed by atoms with E-state index >= 15 is 0 Å². The lowest BCUT2D eigenvalue weighted by Crippen LogP contribution is -2.04. The van der Waals surface area contributed by atoms with Gasteiger partial charge in [-0.05, 0) is 30.0 Å². The van der Waals surface area contributed by atoms with Gasteiger partial charge in [-0.3, -0.25) is 9.79 Å². The molecule has 15 heavy (non-hydrogen) atoms. The lowest BCUT2D eigenvalue weighted by Gasteiger charge is -2.04. The van der Waals surface area contributed by atoms with Crippen molar-refractivity contribution in [3.05, 3.63) is 35.9 Å². The Labute approximate surface area is 89.1 Å². The summed E-state index contributed by atoms with van der Waals surface area (Å²) in [6.07, 6.45) is 1.94. The van der Waals surface area contributed by atoms with E-state index < -0.39 is 0 Å². The molecule has 0 aliphatic heterocycles. The molecule has 1 aromatic carbocycles. The highest BCUT2D eigenvalue weighted by molar-refractivity contribution is 5.74. The van der Waals surface area contributed by atoms with Crippen LogP contribution in [0, 0.1) is 0 Å². The first-order chi connectivity index (χ1) is 7.21. The molecule has 0 fully saturated rings. The Balaban J connectivity index is 2.97. The van der Waals surface area contributed by atoms with E-state index in [4.69, 9.17) is 0 Å². The number of ether oxygens (including phenoxy) is 1. The predicted molar refractivity (Wildman–Crippen MR) is 61.5 cm³/mol. The molecule has 0 aliphatic rings. The van der Waals surface area contributed by atoms with Crippen molar-refractivity contribution in [3.63, 3.8) is 0 Å². The van der Waals surface area contributed by atoms with Crippen LogP contribution in [0.3, 0.4) is 0 Å². The molecule has 0 aromatic heterocycles. The summed E-state index contributed by atoms with van der Waals surface area (Å²) in [6, 6.07) is 5.49. The highest BCUT2D eigenvalue weighted by atomic mass is 16.5. The van der Waals surface area contributed by atoms with Crippen molar-refractivity contribution >= 4 is 24.5 Å². The summed E-state index contributed by atoms with van der Waals surface area (Å²) < 4.78 is 4.58. The van der Waals surface area contributed by atoms with Gasteiger partial charge in [0.05, 0.1) is 19.2 Å². The van der Waals surface area contributed by atoms with Crippen LogP contribution in [-0.4, -0.2) is 19.8 Å². The minimum atomic E-state index is -0.260. The molecule has 0 unspecified atom stereocenters. The average molecular weight is 203 g/mol. The summed E-state index contributed by atoms with van der Waals surface area (Å²) >= 11 is 0. The molecule has 0 amide bonds. The zero-order chi connectivity index (χ0) is 11.3. The van der Waals surface area contributed by atoms with Crippen molar-refractivity contribution < 1.29 is 9.53 Å². The second-order valence-corrected chi connectivity index (χ2v) is 3.01. The Kier molecular flexibility index (Phi) is 3.80. The van der Waals surface area contributed by atoms with E-state index in [2.05, 4.69) is 23.0 Å². The maximum absolute atomic E-state index is 11.1. The van der Waals surface area contributed by atoms with Gasteiger partial charge in [-0.25, -0.2) is 0 Å². The van der Waals surface area contributed by atoms with E-state index in [1.165, 1.54) is 7.11 Å². The van der Waals surface area contributed by atoms with Gasteiger partial charge in [0.1, 0.15) is 0 Å². The predicted octanol–water partition coefficient (Wildman–Crippen LogP) is 2.38. The van der Waals surface area contributed by atoms with Crippen LogP contribution in [-0.2, 0) is 16.0 Å². The number of benzene rings is 1. The molecule has 0 bridgehead atoms. The van der Waals surface area contributed by atoms with Crippen LogP contribution in [0.15, 0.2) is 29.8 Å². The van der Waals surface area contributed by atoms with Gasteiger partial charge in [-0.1, -0.05) is 18.7 Å². The van der Waals surface area contributed by atoms with Crippen molar-refractivity contribution in [2.75, 3.05) is 7.11 Å². The van der Waals surface area contributed by atoms with Crippen molar-refractivity contribution in [1.82, 2.24) is 0 Å². The Hall–Kier alpha value is -1.90. The molecule has 0 saturated carbocycles. The Bertz CT molecular complexity index is 397. The van der Waals surface area contributed by atoms with Crippen LogP contribution in [0.2, 0.25) is 0 Å². The molecule has 0 heterocycles. The van der Waals surface area contributed by atoms with E-state index in [9.17, 15) is 4.79 Å². The maximum atomic E-state index is 11.1. The normalized spacial score (nSPS) is 9.40. The SMILES string of the molecule is C=Cc1cc(CC(=O)OC)ccc1N=C. The number of rotatable bonds is 4. The van der Waals surface area contributed by atoms with Crippen molar-refractivity contribution in [3.8, 4) is 0 Å². The van der Waals surface area contributed by atoms with E-state index in [0.717, 1.165) is 16.8 Å². The summed E-state index contributed by atoms with van der Waals surface area (Å²) in [5.74, 6) is -0.260. The zero-order valence-corrected chi connectivity index (χ0v) is 8.69. The van der Waals surface area contributed by atoms with E-state index in [1.807, 2.05) is 18.2 Å². The van der Waals surface area contributed by atoms with Crippen LogP contribution in [0.25, 0.3) is 6.08 Å². The number of esters is 1. The first-order valence-electron chi connectivity index (χ1n) is 4.50. The fourth-order valence-corrected chi connectivity index (χ4v) is 1.26. The quantitative estimate of drug-likeness (QED) is 0.556. The standard InChI is InChI=1S/C12H13NO2/c1-4-10-7-9(8-12(14)15-3)5-6-11(10)13-2/h4-7H,1-2,8H2,3H3. The maximum Gasteiger partial charge on any atom is 0.309 e. The number of carbonyl (C=O) groups excluding carboxylic acids is 1. The average Bonchev–Trinajstić information content (AvgIpc) is 2.28. The van der Waals surface area contributed by atoms with Gasteiger partial charge < -0.3 is 4.74 Å². The molecule has 3 nitrogen and oxygen atoms in total. The third-order valence-corrected chi connectivity index (χ3v) is 2.06. The molecule has 0 N–H and O–H groups in total. The molecule has 78 valence electrons. The van der Waals surface area contributed by atoms with Crippen LogP contribution in [0.4, 0.5) is 5.69 Å². The molecule has 1 aromatic rings. The summed E-state index contributed by atoms with van der Waals surface area (Å²) in [4.78, 5) is 14.9. The summed E-state index contributed by atoms with van der Waals surface area (Å²) in [5.41, 5.74) is 2.51. The minimum Gasteiger partial charge on any atom is -0.469 e. The number of hydrogen-bond donors (Lipinski definition) is 0. The van der Waals surface area contributed by atoms with E-state index in [1.54, 1.807) is 6.08 Å². The van der Waals surface area contributed by atoms with Gasteiger partial charge >= 0.3 is 5.97 Å². The Morgan fingerprint density at radius 2 is 2.33 bits per heavy atom.